The van der Waals surface area contributed by atoms with E-state index < -0.39 is 0 Å². The van der Waals surface area contributed by atoms with Crippen molar-refractivity contribution in [2.75, 3.05) is 5.32 Å². The highest BCUT2D eigenvalue weighted by atomic mass is 35.5. The topological polar surface area (TPSA) is 24.9 Å². The molecule has 0 atom stereocenters. The van der Waals surface area contributed by atoms with E-state index in [4.69, 9.17) is 18.0 Å². The van der Waals surface area contributed by atoms with Gasteiger partial charge >= 0.3 is 0 Å². The number of nitrogens with one attached hydrogen (secondary N) is 1. The van der Waals surface area contributed by atoms with Gasteiger partial charge < -0.3 is 5.32 Å². The predicted molar refractivity (Wildman–Crippen MR) is 68.8 cm³/mol. The molecule has 1 heterocycles. The highest BCUT2D eigenvalue weighted by molar-refractivity contribution is 7.15. The van der Waals surface area contributed by atoms with Gasteiger partial charge in [0, 0.05) is 22.3 Å². The van der Waals surface area contributed by atoms with Gasteiger partial charge in [-0.25, -0.2) is 4.98 Å². The molecule has 16 heavy (non-hydrogen) atoms. The fraction of sp³-hybridized carbons (Fsp3) is 0.0833. The molecule has 0 unspecified atom stereocenters. The van der Waals surface area contributed by atoms with Crippen LogP contribution in [0.2, 0.25) is 4.47 Å². The molecule has 0 bridgehead atoms. The largest absolute Gasteiger partial charge is 0.380 e. The Bertz CT molecular complexity index is 528. The summed E-state index contributed by atoms with van der Waals surface area (Å²) in [5.41, 5.74) is 1.87. The van der Waals surface area contributed by atoms with Crippen LogP contribution in [0.3, 0.4) is 0 Å². The van der Waals surface area contributed by atoms with Gasteiger partial charge in [0.2, 0.25) is 0 Å². The zero-order valence-electron chi connectivity index (χ0n) is 8.40. The number of rotatable bonds is 3. The summed E-state index contributed by atoms with van der Waals surface area (Å²) in [6.45, 7) is 0.707. The fourth-order valence-corrected chi connectivity index (χ4v) is 2.19. The smallest absolute Gasteiger partial charge is 0.183 e. The van der Waals surface area contributed by atoms with Crippen LogP contribution in [-0.4, -0.2) is 4.98 Å². The van der Waals surface area contributed by atoms with Gasteiger partial charge in [0.05, 0.1) is 6.54 Å². The molecule has 0 fully saturated rings. The number of halogens is 1. The van der Waals surface area contributed by atoms with Crippen LogP contribution in [-0.2, 0) is 6.54 Å². The third kappa shape index (κ3) is 2.75. The van der Waals surface area contributed by atoms with Gasteiger partial charge in [0.15, 0.2) is 4.47 Å². The summed E-state index contributed by atoms with van der Waals surface area (Å²) in [6, 6.07) is 7.73. The molecule has 1 N–H and O–H groups in total. The van der Waals surface area contributed by atoms with Gasteiger partial charge in [0.25, 0.3) is 0 Å². The van der Waals surface area contributed by atoms with Crippen molar-refractivity contribution in [2.24, 2.45) is 0 Å². The van der Waals surface area contributed by atoms with Crippen molar-refractivity contribution in [1.29, 1.82) is 0 Å². The lowest BCUT2D eigenvalue weighted by molar-refractivity contribution is 1.17. The summed E-state index contributed by atoms with van der Waals surface area (Å²) in [5.74, 6) is 2.60. The van der Waals surface area contributed by atoms with E-state index in [1.807, 2.05) is 24.3 Å². The minimum absolute atomic E-state index is 0.564. The Balaban J connectivity index is 2.02. The van der Waals surface area contributed by atoms with Crippen LogP contribution in [0.5, 0.6) is 0 Å². The lowest BCUT2D eigenvalue weighted by atomic mass is 10.2. The maximum Gasteiger partial charge on any atom is 0.183 e. The second-order valence-electron chi connectivity index (χ2n) is 3.16. The summed E-state index contributed by atoms with van der Waals surface area (Å²) in [5, 5.41) is 3.27. The number of hydrogen-bond acceptors (Lipinski definition) is 3. The molecule has 0 saturated carbocycles. The van der Waals surface area contributed by atoms with E-state index in [-0.39, 0.29) is 0 Å². The Hall–Kier alpha value is -1.50. The van der Waals surface area contributed by atoms with Crippen molar-refractivity contribution in [1.82, 2.24) is 4.98 Å². The molecule has 0 aliphatic carbocycles. The molecule has 0 saturated heterocycles. The predicted octanol–water partition coefficient (Wildman–Crippen LogP) is 3.39. The van der Waals surface area contributed by atoms with Crippen LogP contribution in [0.15, 0.2) is 30.5 Å². The second kappa shape index (κ2) is 5.02. The van der Waals surface area contributed by atoms with Crippen LogP contribution in [0.25, 0.3) is 0 Å². The number of nitrogens with zero attached hydrogens (tertiary/aromatic N) is 1. The Labute approximate surface area is 103 Å². The fourth-order valence-electron chi connectivity index (χ4n) is 1.27. The first kappa shape index (κ1) is 11.0. The number of thiazole rings is 1. The maximum absolute atomic E-state index is 5.74. The third-order valence-electron chi connectivity index (χ3n) is 2.02. The zero-order chi connectivity index (χ0) is 11.4. The summed E-state index contributed by atoms with van der Waals surface area (Å²) >= 11 is 7.21. The van der Waals surface area contributed by atoms with Crippen LogP contribution >= 0.6 is 22.9 Å². The van der Waals surface area contributed by atoms with Crippen LogP contribution in [0.4, 0.5) is 5.69 Å². The quantitative estimate of drug-likeness (QED) is 0.843. The van der Waals surface area contributed by atoms with Crippen molar-refractivity contribution >= 4 is 28.6 Å². The van der Waals surface area contributed by atoms with E-state index >= 15 is 0 Å². The van der Waals surface area contributed by atoms with Crippen molar-refractivity contribution in [3.8, 4) is 12.3 Å². The van der Waals surface area contributed by atoms with Crippen molar-refractivity contribution in [3.05, 3.63) is 45.4 Å². The Morgan fingerprint density at radius 1 is 1.50 bits per heavy atom. The average molecular weight is 249 g/mol. The van der Waals surface area contributed by atoms with Crippen LogP contribution in [0, 0.1) is 12.3 Å². The van der Waals surface area contributed by atoms with Crippen molar-refractivity contribution < 1.29 is 0 Å². The monoisotopic (exact) mass is 248 g/mol. The summed E-state index contributed by atoms with van der Waals surface area (Å²) < 4.78 is 0.564. The van der Waals surface area contributed by atoms with Gasteiger partial charge in [-0.05, 0) is 18.2 Å². The molecular weight excluding hydrogens is 240 g/mol. The number of hydrogen-bond donors (Lipinski definition) is 1. The molecular formula is C12H9ClN2S. The molecule has 0 amide bonds. The van der Waals surface area contributed by atoms with Gasteiger partial charge in [0.1, 0.15) is 0 Å². The Kier molecular flexibility index (Phi) is 3.45. The van der Waals surface area contributed by atoms with Crippen molar-refractivity contribution in [2.45, 2.75) is 6.54 Å². The Morgan fingerprint density at radius 3 is 3.06 bits per heavy atom. The van der Waals surface area contributed by atoms with Gasteiger partial charge in [-0.1, -0.05) is 23.6 Å². The standard InChI is InChI=1S/C12H9ClN2S/c1-2-9-4-3-5-10(6-9)14-7-11-8-15-12(13)16-11/h1,3-6,8,14H,7H2. The van der Waals surface area contributed by atoms with Gasteiger partial charge in [-0.3, -0.25) is 0 Å². The normalized spacial score (nSPS) is 9.75. The maximum atomic E-state index is 5.74. The number of anilines is 1. The average Bonchev–Trinajstić information content (AvgIpc) is 2.73. The molecule has 0 spiro atoms. The molecule has 0 aliphatic rings. The molecule has 80 valence electrons. The molecule has 4 heteroatoms. The first-order chi connectivity index (χ1) is 7.78. The van der Waals surface area contributed by atoms with Crippen molar-refractivity contribution in [3.63, 3.8) is 0 Å². The first-order valence-electron chi connectivity index (χ1n) is 4.68. The Morgan fingerprint density at radius 2 is 2.38 bits per heavy atom. The van der Waals surface area contributed by atoms with E-state index in [1.165, 1.54) is 11.3 Å². The molecule has 0 aliphatic heterocycles. The number of aromatic nitrogens is 1. The van der Waals surface area contributed by atoms with E-state index in [0.717, 1.165) is 16.1 Å². The molecule has 1 aromatic carbocycles. The van der Waals surface area contributed by atoms with Gasteiger partial charge in [-0.2, -0.15) is 0 Å². The lowest BCUT2D eigenvalue weighted by Gasteiger charge is -2.04. The van der Waals surface area contributed by atoms with E-state index in [2.05, 4.69) is 16.2 Å². The van der Waals surface area contributed by atoms with Gasteiger partial charge in [-0.15, -0.1) is 17.8 Å². The lowest BCUT2D eigenvalue weighted by Crippen LogP contribution is -1.97. The number of benzene rings is 1. The SMILES string of the molecule is C#Cc1cccc(NCc2cnc(Cl)s2)c1. The minimum Gasteiger partial charge on any atom is -0.380 e. The molecule has 0 radical (unpaired) electrons. The third-order valence-corrected chi connectivity index (χ3v) is 3.14. The van der Waals surface area contributed by atoms with E-state index in [0.29, 0.717) is 11.0 Å². The van der Waals surface area contributed by atoms with E-state index in [9.17, 15) is 0 Å². The minimum atomic E-state index is 0.564. The highest BCUT2D eigenvalue weighted by Crippen LogP contribution is 2.19. The second-order valence-corrected chi connectivity index (χ2v) is 4.86. The summed E-state index contributed by atoms with van der Waals surface area (Å²) in [4.78, 5) is 5.07. The molecule has 1 aromatic heterocycles. The molecule has 2 aromatic rings. The zero-order valence-corrected chi connectivity index (χ0v) is 9.98. The molecule has 2 rings (SSSR count). The highest BCUT2D eigenvalue weighted by Gasteiger charge is 1.99. The molecule has 2 nitrogen and oxygen atoms in total. The summed E-state index contributed by atoms with van der Waals surface area (Å²) in [6.07, 6.45) is 7.10. The van der Waals surface area contributed by atoms with Crippen LogP contribution in [0.1, 0.15) is 10.4 Å². The van der Waals surface area contributed by atoms with Crippen LogP contribution < -0.4 is 5.32 Å². The van der Waals surface area contributed by atoms with E-state index in [1.54, 1.807) is 6.20 Å². The number of terminal acetylenes is 1. The first-order valence-corrected chi connectivity index (χ1v) is 5.88. The summed E-state index contributed by atoms with van der Waals surface area (Å²) in [7, 11) is 0.